The average molecular weight is 344 g/mol. The van der Waals surface area contributed by atoms with Gasteiger partial charge in [0.25, 0.3) is 0 Å². The highest BCUT2D eigenvalue weighted by atomic mass is 19.1. The highest BCUT2D eigenvalue weighted by molar-refractivity contribution is 6.21. The van der Waals surface area contributed by atoms with Gasteiger partial charge >= 0.3 is 0 Å². The zero-order chi connectivity index (χ0) is 17.8. The zero-order valence-electron chi connectivity index (χ0n) is 14.1. The molecule has 0 bridgehead atoms. The monoisotopic (exact) mass is 344 g/mol. The summed E-state index contributed by atoms with van der Waals surface area (Å²) < 4.78 is 19.3. The fraction of sp³-hybridized carbons (Fsp3) is 0.421. The number of benzene rings is 1. The molecule has 1 heterocycles. The standard InChI is InChI=1S/C19H21FN2O3/c1-2-25-13-8-7-12(16(20)9-13)10-22-19(24)15-11-21-17-6-4-3-5-14(17)18(15)23/h5,7-9,11,15,17H,2-4,6,10H2,1H3,(H,22,24). The van der Waals surface area contributed by atoms with Gasteiger partial charge in [-0.05, 0) is 32.3 Å². The molecule has 3 rings (SSSR count). The van der Waals surface area contributed by atoms with Crippen molar-refractivity contribution < 1.29 is 18.7 Å². The Balaban J connectivity index is 1.64. The Hall–Kier alpha value is -2.50. The Bertz CT molecular complexity index is 742. The number of hydrogen-bond donors (Lipinski definition) is 1. The van der Waals surface area contributed by atoms with Gasteiger partial charge in [-0.15, -0.1) is 0 Å². The van der Waals surface area contributed by atoms with E-state index in [9.17, 15) is 14.0 Å². The Morgan fingerprint density at radius 3 is 3.04 bits per heavy atom. The summed E-state index contributed by atoms with van der Waals surface area (Å²) >= 11 is 0. The molecule has 0 saturated carbocycles. The van der Waals surface area contributed by atoms with Gasteiger partial charge in [0, 0.05) is 30.0 Å². The van der Waals surface area contributed by atoms with Crippen LogP contribution in [-0.2, 0) is 16.1 Å². The van der Waals surface area contributed by atoms with Crippen LogP contribution >= 0.6 is 0 Å². The molecular weight excluding hydrogens is 323 g/mol. The van der Waals surface area contributed by atoms with Crippen molar-refractivity contribution in [2.24, 2.45) is 10.9 Å². The minimum atomic E-state index is -0.925. The van der Waals surface area contributed by atoms with Crippen LogP contribution in [0.1, 0.15) is 31.7 Å². The SMILES string of the molecule is CCOc1ccc(CNC(=O)C2C=NC3CCCC=C3C2=O)c(F)c1. The molecule has 2 unspecified atom stereocenters. The fourth-order valence-corrected chi connectivity index (χ4v) is 3.12. The van der Waals surface area contributed by atoms with E-state index in [0.717, 1.165) is 19.3 Å². The van der Waals surface area contributed by atoms with E-state index in [2.05, 4.69) is 10.3 Å². The highest BCUT2D eigenvalue weighted by Crippen LogP contribution is 2.27. The Morgan fingerprint density at radius 2 is 2.28 bits per heavy atom. The minimum absolute atomic E-state index is 0.0111. The van der Waals surface area contributed by atoms with E-state index >= 15 is 0 Å². The first-order valence-electron chi connectivity index (χ1n) is 8.56. The third-order valence-corrected chi connectivity index (χ3v) is 4.46. The number of nitrogens with one attached hydrogen (secondary N) is 1. The lowest BCUT2D eigenvalue weighted by molar-refractivity contribution is -0.129. The first kappa shape index (κ1) is 17.3. The molecule has 2 atom stereocenters. The highest BCUT2D eigenvalue weighted by Gasteiger charge is 2.35. The predicted molar refractivity (Wildman–Crippen MR) is 92.1 cm³/mol. The van der Waals surface area contributed by atoms with Crippen LogP contribution in [0.4, 0.5) is 4.39 Å². The zero-order valence-corrected chi connectivity index (χ0v) is 14.1. The van der Waals surface area contributed by atoms with Crippen LogP contribution in [0.3, 0.4) is 0 Å². The van der Waals surface area contributed by atoms with Crippen LogP contribution in [-0.4, -0.2) is 30.6 Å². The summed E-state index contributed by atoms with van der Waals surface area (Å²) in [6, 6.07) is 4.40. The molecule has 1 amide bonds. The van der Waals surface area contributed by atoms with Crippen LogP contribution in [0.15, 0.2) is 34.8 Å². The minimum Gasteiger partial charge on any atom is -0.494 e. The van der Waals surface area contributed by atoms with Gasteiger partial charge in [0.1, 0.15) is 17.5 Å². The molecule has 2 aliphatic rings. The lowest BCUT2D eigenvalue weighted by Gasteiger charge is -2.26. The molecule has 0 spiro atoms. The average Bonchev–Trinajstić information content (AvgIpc) is 2.61. The molecule has 0 saturated heterocycles. The van der Waals surface area contributed by atoms with E-state index in [0.29, 0.717) is 23.5 Å². The molecule has 0 fully saturated rings. The number of allylic oxidation sites excluding steroid dienone is 1. The van der Waals surface area contributed by atoms with Gasteiger partial charge in [-0.3, -0.25) is 14.6 Å². The third-order valence-electron chi connectivity index (χ3n) is 4.46. The van der Waals surface area contributed by atoms with E-state index in [1.807, 2.05) is 13.0 Å². The van der Waals surface area contributed by atoms with Crippen molar-refractivity contribution in [1.82, 2.24) is 5.32 Å². The number of fused-ring (bicyclic) bond motifs is 1. The summed E-state index contributed by atoms with van der Waals surface area (Å²) in [4.78, 5) is 29.2. The first-order chi connectivity index (χ1) is 12.1. The summed E-state index contributed by atoms with van der Waals surface area (Å²) in [6.07, 6.45) is 6.02. The van der Waals surface area contributed by atoms with Gasteiger partial charge in [0.15, 0.2) is 5.78 Å². The predicted octanol–water partition coefficient (Wildman–Crippen LogP) is 2.59. The largest absolute Gasteiger partial charge is 0.494 e. The van der Waals surface area contributed by atoms with Gasteiger partial charge in [-0.2, -0.15) is 0 Å². The third kappa shape index (κ3) is 3.78. The number of halogens is 1. The second kappa shape index (κ2) is 7.59. The van der Waals surface area contributed by atoms with Gasteiger partial charge < -0.3 is 10.1 Å². The lowest BCUT2D eigenvalue weighted by Crippen LogP contribution is -2.41. The number of carbonyl (C=O) groups is 2. The maximum atomic E-state index is 14.0. The number of hydrogen-bond acceptors (Lipinski definition) is 4. The van der Waals surface area contributed by atoms with E-state index in [1.54, 1.807) is 12.1 Å². The fourth-order valence-electron chi connectivity index (χ4n) is 3.12. The van der Waals surface area contributed by atoms with E-state index in [4.69, 9.17) is 4.74 Å². The van der Waals surface area contributed by atoms with Gasteiger partial charge in [-0.1, -0.05) is 12.1 Å². The summed E-state index contributed by atoms with van der Waals surface area (Å²) in [5.41, 5.74) is 0.980. The maximum Gasteiger partial charge on any atom is 0.236 e. The van der Waals surface area contributed by atoms with E-state index in [1.165, 1.54) is 12.3 Å². The summed E-state index contributed by atoms with van der Waals surface area (Å²) in [7, 11) is 0. The molecule has 1 aromatic rings. The molecular formula is C19H21FN2O3. The van der Waals surface area contributed by atoms with Crippen molar-refractivity contribution in [1.29, 1.82) is 0 Å². The lowest BCUT2D eigenvalue weighted by atomic mass is 9.84. The van der Waals surface area contributed by atoms with E-state index < -0.39 is 17.6 Å². The smallest absolute Gasteiger partial charge is 0.236 e. The summed E-state index contributed by atoms with van der Waals surface area (Å²) in [5, 5.41) is 2.63. The summed E-state index contributed by atoms with van der Waals surface area (Å²) in [5.74, 6) is -1.58. The Kier molecular flexibility index (Phi) is 5.26. The normalized spacial score (nSPS) is 22.2. The van der Waals surface area contributed by atoms with Crippen molar-refractivity contribution in [3.63, 3.8) is 0 Å². The molecule has 25 heavy (non-hydrogen) atoms. The van der Waals surface area contributed by atoms with Crippen molar-refractivity contribution in [3.05, 3.63) is 41.2 Å². The number of Topliss-reactive ketones (excluding diaryl/α,β-unsaturated/α-hetero) is 1. The van der Waals surface area contributed by atoms with E-state index in [-0.39, 0.29) is 18.4 Å². The number of ether oxygens (including phenoxy) is 1. The Morgan fingerprint density at radius 1 is 1.44 bits per heavy atom. The number of rotatable bonds is 5. The van der Waals surface area contributed by atoms with Crippen molar-refractivity contribution in [2.45, 2.75) is 38.8 Å². The van der Waals surface area contributed by atoms with Crippen molar-refractivity contribution in [3.8, 4) is 5.75 Å². The first-order valence-corrected chi connectivity index (χ1v) is 8.56. The topological polar surface area (TPSA) is 67.8 Å². The van der Waals surface area contributed by atoms with Gasteiger partial charge in [0.2, 0.25) is 5.91 Å². The molecule has 5 nitrogen and oxygen atoms in total. The number of nitrogens with zero attached hydrogens (tertiary/aromatic N) is 1. The Labute approximate surface area is 146 Å². The van der Waals surface area contributed by atoms with Crippen molar-refractivity contribution >= 4 is 17.9 Å². The molecule has 1 aliphatic carbocycles. The molecule has 132 valence electrons. The van der Waals surface area contributed by atoms with Crippen LogP contribution in [0, 0.1) is 11.7 Å². The second-order valence-electron chi connectivity index (χ2n) is 6.15. The van der Waals surface area contributed by atoms with Crippen LogP contribution in [0.25, 0.3) is 0 Å². The quantitative estimate of drug-likeness (QED) is 0.835. The molecule has 1 aromatic carbocycles. The van der Waals surface area contributed by atoms with Crippen LogP contribution in [0.2, 0.25) is 0 Å². The second-order valence-corrected chi connectivity index (χ2v) is 6.15. The van der Waals surface area contributed by atoms with Gasteiger partial charge in [0.05, 0.1) is 12.6 Å². The molecule has 1 aliphatic heterocycles. The number of aliphatic imine (C=N–C) groups is 1. The van der Waals surface area contributed by atoms with Crippen LogP contribution in [0.5, 0.6) is 5.75 Å². The number of ketones is 1. The number of carbonyl (C=O) groups excluding carboxylic acids is 2. The number of amides is 1. The molecule has 0 aromatic heterocycles. The molecule has 0 radical (unpaired) electrons. The van der Waals surface area contributed by atoms with Gasteiger partial charge in [-0.25, -0.2) is 4.39 Å². The molecule has 6 heteroatoms. The van der Waals surface area contributed by atoms with Crippen molar-refractivity contribution in [2.75, 3.05) is 6.61 Å². The maximum absolute atomic E-state index is 14.0. The van der Waals surface area contributed by atoms with Crippen LogP contribution < -0.4 is 10.1 Å². The summed E-state index contributed by atoms with van der Waals surface area (Å²) in [6.45, 7) is 2.29. The molecule has 1 N–H and O–H groups in total.